The topological polar surface area (TPSA) is 43.8 Å². The van der Waals surface area contributed by atoms with Gasteiger partial charge in [0.05, 0.1) is 16.1 Å². The highest BCUT2D eigenvalue weighted by Gasteiger charge is 2.10. The number of nitrogens with zero attached hydrogens (tertiary/aromatic N) is 2. The molecule has 0 saturated heterocycles. The van der Waals surface area contributed by atoms with Gasteiger partial charge in [0.1, 0.15) is 0 Å². The lowest BCUT2D eigenvalue weighted by atomic mass is 10.1. The number of nitrogen functional groups attached to an aromatic ring is 1. The quantitative estimate of drug-likeness (QED) is 0.754. The summed E-state index contributed by atoms with van der Waals surface area (Å²) in [6.45, 7) is 2.94. The average molecular weight is 336 g/mol. The first-order valence-electron chi connectivity index (χ1n) is 7.11. The molecule has 0 amide bonds. The summed E-state index contributed by atoms with van der Waals surface area (Å²) in [4.78, 5) is 4.37. The molecule has 0 unspecified atom stereocenters. The summed E-state index contributed by atoms with van der Waals surface area (Å²) in [5, 5.41) is 0.701. The molecule has 2 N–H and O–H groups in total. The van der Waals surface area contributed by atoms with E-state index < -0.39 is 0 Å². The molecule has 3 nitrogen and oxygen atoms in total. The fourth-order valence-electron chi connectivity index (χ4n) is 2.69. The van der Waals surface area contributed by atoms with Crippen molar-refractivity contribution in [2.75, 3.05) is 5.73 Å². The Balaban J connectivity index is 0.00000176. The fourth-order valence-corrected chi connectivity index (χ4v) is 2.97. The Labute approximate surface area is 141 Å². The smallest absolute Gasteiger partial charge is 0.201 e. The molecule has 0 spiro atoms. The molecule has 1 heterocycles. The van der Waals surface area contributed by atoms with Crippen LogP contribution in [-0.2, 0) is 13.0 Å². The van der Waals surface area contributed by atoms with Gasteiger partial charge in [0.25, 0.3) is 0 Å². The zero-order valence-corrected chi connectivity index (χ0v) is 14.0. The molecular weight excluding hydrogens is 317 g/mol. The van der Waals surface area contributed by atoms with Crippen LogP contribution in [0.4, 0.5) is 5.95 Å². The van der Waals surface area contributed by atoms with Crippen molar-refractivity contribution >= 4 is 41.0 Å². The third-order valence-corrected chi connectivity index (χ3v) is 3.98. The van der Waals surface area contributed by atoms with Crippen molar-refractivity contribution in [2.45, 2.75) is 26.3 Å². The van der Waals surface area contributed by atoms with Crippen LogP contribution in [0.2, 0.25) is 5.02 Å². The van der Waals surface area contributed by atoms with Gasteiger partial charge in [-0.1, -0.05) is 47.5 Å². The van der Waals surface area contributed by atoms with Crippen LogP contribution in [0.5, 0.6) is 0 Å². The van der Waals surface area contributed by atoms with E-state index >= 15 is 0 Å². The number of hydrogen-bond acceptors (Lipinski definition) is 2. The van der Waals surface area contributed by atoms with Crippen molar-refractivity contribution in [1.29, 1.82) is 0 Å². The van der Waals surface area contributed by atoms with Gasteiger partial charge in [-0.05, 0) is 37.5 Å². The molecule has 3 rings (SSSR count). The summed E-state index contributed by atoms with van der Waals surface area (Å²) in [6.07, 6.45) is 2.02. The summed E-state index contributed by atoms with van der Waals surface area (Å²) < 4.78 is 2.01. The Hall–Kier alpha value is -1.71. The molecule has 0 aliphatic heterocycles. The van der Waals surface area contributed by atoms with E-state index in [-0.39, 0.29) is 12.4 Å². The van der Waals surface area contributed by atoms with Crippen molar-refractivity contribution in [3.63, 3.8) is 0 Å². The van der Waals surface area contributed by atoms with Gasteiger partial charge in [-0.25, -0.2) is 4.98 Å². The molecule has 0 aliphatic rings. The SMILES string of the molecule is Cc1cccc(CCCn2c(N)nc3cccc(Cl)c32)c1.Cl. The van der Waals surface area contributed by atoms with Crippen LogP contribution in [0.1, 0.15) is 17.5 Å². The number of fused-ring (bicyclic) bond motifs is 1. The molecule has 0 bridgehead atoms. The molecule has 1 aromatic heterocycles. The molecule has 0 fully saturated rings. The molecule has 2 aromatic carbocycles. The summed E-state index contributed by atoms with van der Waals surface area (Å²) in [5.41, 5.74) is 10.5. The number of benzene rings is 2. The second kappa shape index (κ2) is 7.03. The predicted molar refractivity (Wildman–Crippen MR) is 95.9 cm³/mol. The molecule has 0 atom stereocenters. The Morgan fingerprint density at radius 1 is 1.18 bits per heavy atom. The summed E-state index contributed by atoms with van der Waals surface area (Å²) in [6, 6.07) is 14.3. The number of hydrogen-bond donors (Lipinski definition) is 1. The van der Waals surface area contributed by atoms with Gasteiger partial charge in [0, 0.05) is 6.54 Å². The van der Waals surface area contributed by atoms with E-state index in [9.17, 15) is 0 Å². The average Bonchev–Trinajstić information content (AvgIpc) is 2.76. The second-order valence-electron chi connectivity index (χ2n) is 5.32. The van der Waals surface area contributed by atoms with Gasteiger partial charge in [0.15, 0.2) is 0 Å². The highest BCUT2D eigenvalue weighted by molar-refractivity contribution is 6.35. The van der Waals surface area contributed by atoms with Crippen LogP contribution in [0.15, 0.2) is 42.5 Å². The maximum atomic E-state index is 6.28. The first-order chi connectivity index (χ1) is 10.1. The lowest BCUT2D eigenvalue weighted by Crippen LogP contribution is -2.04. The van der Waals surface area contributed by atoms with Gasteiger partial charge >= 0.3 is 0 Å². The lowest BCUT2D eigenvalue weighted by Gasteiger charge is -2.08. The van der Waals surface area contributed by atoms with Crippen molar-refractivity contribution in [3.05, 3.63) is 58.6 Å². The van der Waals surface area contributed by atoms with E-state index in [2.05, 4.69) is 36.2 Å². The third kappa shape index (κ3) is 3.37. The van der Waals surface area contributed by atoms with Crippen molar-refractivity contribution in [2.24, 2.45) is 0 Å². The molecule has 116 valence electrons. The number of imidazole rings is 1. The van der Waals surface area contributed by atoms with Gasteiger partial charge < -0.3 is 10.3 Å². The van der Waals surface area contributed by atoms with Gasteiger partial charge in [-0.2, -0.15) is 0 Å². The van der Waals surface area contributed by atoms with Crippen LogP contribution in [0, 0.1) is 6.92 Å². The van der Waals surface area contributed by atoms with E-state index in [1.54, 1.807) is 0 Å². The molecule has 0 aliphatic carbocycles. The predicted octanol–water partition coefficient (Wildman–Crippen LogP) is 4.63. The van der Waals surface area contributed by atoms with Gasteiger partial charge in [0.2, 0.25) is 5.95 Å². The second-order valence-corrected chi connectivity index (χ2v) is 5.73. The Bertz CT molecular complexity index is 781. The maximum Gasteiger partial charge on any atom is 0.201 e. The number of para-hydroxylation sites is 1. The minimum atomic E-state index is 0. The molecule has 5 heteroatoms. The van der Waals surface area contributed by atoms with Crippen molar-refractivity contribution < 1.29 is 0 Å². The number of aromatic nitrogens is 2. The van der Waals surface area contributed by atoms with E-state index in [4.69, 9.17) is 17.3 Å². The van der Waals surface area contributed by atoms with Gasteiger partial charge in [-0.3, -0.25) is 0 Å². The van der Waals surface area contributed by atoms with Crippen molar-refractivity contribution in [1.82, 2.24) is 9.55 Å². The number of halogens is 2. The summed E-state index contributed by atoms with van der Waals surface area (Å²) in [5.74, 6) is 0.530. The monoisotopic (exact) mass is 335 g/mol. The Morgan fingerprint density at radius 2 is 1.95 bits per heavy atom. The zero-order valence-electron chi connectivity index (χ0n) is 12.4. The van der Waals surface area contributed by atoms with E-state index in [1.165, 1.54) is 11.1 Å². The van der Waals surface area contributed by atoms with E-state index in [0.717, 1.165) is 30.4 Å². The number of nitrogens with two attached hydrogens (primary N) is 1. The summed E-state index contributed by atoms with van der Waals surface area (Å²) in [7, 11) is 0. The Morgan fingerprint density at radius 3 is 2.73 bits per heavy atom. The highest BCUT2D eigenvalue weighted by atomic mass is 35.5. The number of aryl methyl sites for hydroxylation is 3. The first-order valence-corrected chi connectivity index (χ1v) is 7.49. The lowest BCUT2D eigenvalue weighted by molar-refractivity contribution is 0.665. The van der Waals surface area contributed by atoms with E-state index in [0.29, 0.717) is 11.0 Å². The summed E-state index contributed by atoms with van der Waals surface area (Å²) >= 11 is 6.28. The molecular formula is C17H19Cl2N3. The van der Waals surface area contributed by atoms with Crippen LogP contribution >= 0.6 is 24.0 Å². The van der Waals surface area contributed by atoms with Crippen LogP contribution in [0.25, 0.3) is 11.0 Å². The minimum Gasteiger partial charge on any atom is -0.369 e. The van der Waals surface area contributed by atoms with Gasteiger partial charge in [-0.15, -0.1) is 12.4 Å². The zero-order chi connectivity index (χ0) is 14.8. The normalized spacial score (nSPS) is 10.6. The van der Waals surface area contributed by atoms with E-state index in [1.807, 2.05) is 22.8 Å². The largest absolute Gasteiger partial charge is 0.369 e. The molecule has 3 aromatic rings. The highest BCUT2D eigenvalue weighted by Crippen LogP contribution is 2.26. The molecule has 0 saturated carbocycles. The van der Waals surface area contributed by atoms with Crippen LogP contribution in [0.3, 0.4) is 0 Å². The third-order valence-electron chi connectivity index (χ3n) is 3.68. The fraction of sp³-hybridized carbons (Fsp3) is 0.235. The minimum absolute atomic E-state index is 0. The Kier molecular flexibility index (Phi) is 5.33. The van der Waals surface area contributed by atoms with Crippen LogP contribution < -0.4 is 5.73 Å². The first kappa shape index (κ1) is 16.7. The number of anilines is 1. The number of rotatable bonds is 4. The van der Waals surface area contributed by atoms with Crippen molar-refractivity contribution in [3.8, 4) is 0 Å². The van der Waals surface area contributed by atoms with Crippen LogP contribution in [-0.4, -0.2) is 9.55 Å². The molecule has 22 heavy (non-hydrogen) atoms. The molecule has 0 radical (unpaired) electrons. The standard InChI is InChI=1S/C17H18ClN3.ClH/c1-12-5-2-6-13(11-12)7-4-10-21-16-14(18)8-3-9-15(16)20-17(21)19;/h2-3,5-6,8-9,11H,4,7,10H2,1H3,(H2,19,20);1H. The maximum absolute atomic E-state index is 6.28.